The van der Waals surface area contributed by atoms with Crippen LogP contribution in [0.15, 0.2) is 48.5 Å². The molecule has 0 radical (unpaired) electrons. The van der Waals surface area contributed by atoms with Crippen molar-refractivity contribution >= 4 is 5.97 Å². The molecule has 22 heavy (non-hydrogen) atoms. The molecule has 0 saturated carbocycles. The normalized spacial score (nSPS) is 16.3. The van der Waals surface area contributed by atoms with Gasteiger partial charge in [-0.25, -0.2) is 4.79 Å². The SMILES string of the molecule is COC(=O)COc1ccc(C2CCOc3ccccc32)cc1. The van der Waals surface area contributed by atoms with Gasteiger partial charge in [0.1, 0.15) is 11.5 Å². The summed E-state index contributed by atoms with van der Waals surface area (Å²) < 4.78 is 15.6. The van der Waals surface area contributed by atoms with Crippen molar-refractivity contribution in [2.75, 3.05) is 20.3 Å². The van der Waals surface area contributed by atoms with Crippen LogP contribution in [-0.2, 0) is 9.53 Å². The number of hydrogen-bond acceptors (Lipinski definition) is 4. The quantitative estimate of drug-likeness (QED) is 0.813. The van der Waals surface area contributed by atoms with Crippen molar-refractivity contribution in [2.24, 2.45) is 0 Å². The zero-order valence-corrected chi connectivity index (χ0v) is 12.5. The zero-order chi connectivity index (χ0) is 15.4. The lowest BCUT2D eigenvalue weighted by molar-refractivity contribution is -0.142. The summed E-state index contributed by atoms with van der Waals surface area (Å²) in [7, 11) is 1.34. The average molecular weight is 298 g/mol. The minimum Gasteiger partial charge on any atom is -0.493 e. The molecule has 114 valence electrons. The largest absolute Gasteiger partial charge is 0.493 e. The van der Waals surface area contributed by atoms with E-state index in [1.54, 1.807) is 0 Å². The van der Waals surface area contributed by atoms with Gasteiger partial charge in [0, 0.05) is 11.5 Å². The smallest absolute Gasteiger partial charge is 0.343 e. The highest BCUT2D eigenvalue weighted by molar-refractivity contribution is 5.70. The van der Waals surface area contributed by atoms with Gasteiger partial charge in [0.05, 0.1) is 13.7 Å². The second-order valence-corrected chi connectivity index (χ2v) is 5.16. The second kappa shape index (κ2) is 6.52. The summed E-state index contributed by atoms with van der Waals surface area (Å²) in [4.78, 5) is 11.1. The number of hydrogen-bond donors (Lipinski definition) is 0. The van der Waals surface area contributed by atoms with Gasteiger partial charge in [-0.1, -0.05) is 30.3 Å². The van der Waals surface area contributed by atoms with Crippen molar-refractivity contribution in [3.63, 3.8) is 0 Å². The minimum absolute atomic E-state index is 0.0735. The Hall–Kier alpha value is -2.49. The van der Waals surface area contributed by atoms with E-state index in [1.807, 2.05) is 42.5 Å². The van der Waals surface area contributed by atoms with Gasteiger partial charge in [-0.3, -0.25) is 0 Å². The molecule has 0 spiro atoms. The molecule has 0 aromatic heterocycles. The van der Waals surface area contributed by atoms with Gasteiger partial charge < -0.3 is 14.2 Å². The van der Waals surface area contributed by atoms with Gasteiger partial charge in [-0.15, -0.1) is 0 Å². The third-order valence-electron chi connectivity index (χ3n) is 3.83. The summed E-state index contributed by atoms with van der Waals surface area (Å²) in [6, 6.07) is 16.0. The van der Waals surface area contributed by atoms with Crippen molar-refractivity contribution in [3.05, 3.63) is 59.7 Å². The molecule has 0 amide bonds. The summed E-state index contributed by atoms with van der Waals surface area (Å²) in [5.41, 5.74) is 2.44. The Morgan fingerprint density at radius 2 is 1.95 bits per heavy atom. The van der Waals surface area contributed by atoms with E-state index < -0.39 is 0 Å². The van der Waals surface area contributed by atoms with Gasteiger partial charge in [0.15, 0.2) is 6.61 Å². The molecule has 1 heterocycles. The van der Waals surface area contributed by atoms with Crippen LogP contribution in [0, 0.1) is 0 Å². The maximum atomic E-state index is 11.1. The number of carbonyl (C=O) groups is 1. The van der Waals surface area contributed by atoms with Crippen LogP contribution in [0.3, 0.4) is 0 Å². The van der Waals surface area contributed by atoms with Crippen LogP contribution in [0.2, 0.25) is 0 Å². The van der Waals surface area contributed by atoms with Crippen molar-refractivity contribution in [3.8, 4) is 11.5 Å². The first kappa shape index (κ1) is 14.4. The van der Waals surface area contributed by atoms with Crippen LogP contribution >= 0.6 is 0 Å². The first-order valence-corrected chi connectivity index (χ1v) is 7.29. The number of esters is 1. The predicted molar refractivity (Wildman–Crippen MR) is 82.4 cm³/mol. The molecule has 2 aromatic carbocycles. The van der Waals surface area contributed by atoms with Crippen LogP contribution < -0.4 is 9.47 Å². The summed E-state index contributed by atoms with van der Waals surface area (Å²) >= 11 is 0. The summed E-state index contributed by atoms with van der Waals surface area (Å²) in [5, 5.41) is 0. The lowest BCUT2D eigenvalue weighted by Crippen LogP contribution is -2.15. The number of methoxy groups -OCH3 is 1. The average Bonchev–Trinajstić information content (AvgIpc) is 2.59. The number of ether oxygens (including phenoxy) is 3. The number of carbonyl (C=O) groups excluding carboxylic acids is 1. The summed E-state index contributed by atoms with van der Waals surface area (Å²) in [6.45, 7) is 0.651. The van der Waals surface area contributed by atoms with E-state index in [2.05, 4.69) is 10.8 Å². The Bertz CT molecular complexity index is 648. The van der Waals surface area contributed by atoms with Gasteiger partial charge in [-0.2, -0.15) is 0 Å². The second-order valence-electron chi connectivity index (χ2n) is 5.16. The molecule has 0 fully saturated rings. The zero-order valence-electron chi connectivity index (χ0n) is 12.5. The van der Waals surface area contributed by atoms with E-state index >= 15 is 0 Å². The highest BCUT2D eigenvalue weighted by Gasteiger charge is 2.22. The fourth-order valence-electron chi connectivity index (χ4n) is 2.69. The van der Waals surface area contributed by atoms with Gasteiger partial charge in [0.2, 0.25) is 0 Å². The summed E-state index contributed by atoms with van der Waals surface area (Å²) in [5.74, 6) is 1.57. The van der Waals surface area contributed by atoms with Gasteiger partial charge >= 0.3 is 5.97 Å². The van der Waals surface area contributed by atoms with Crippen LogP contribution in [0.5, 0.6) is 11.5 Å². The van der Waals surface area contributed by atoms with Crippen LogP contribution in [-0.4, -0.2) is 26.3 Å². The van der Waals surface area contributed by atoms with Crippen molar-refractivity contribution < 1.29 is 19.0 Å². The maximum Gasteiger partial charge on any atom is 0.343 e. The molecule has 1 aliphatic heterocycles. The molecule has 0 bridgehead atoms. The number of fused-ring (bicyclic) bond motifs is 1. The van der Waals surface area contributed by atoms with E-state index in [0.717, 1.165) is 18.8 Å². The molecule has 2 aromatic rings. The number of rotatable bonds is 4. The van der Waals surface area contributed by atoms with E-state index in [-0.39, 0.29) is 12.6 Å². The molecule has 0 N–H and O–H groups in total. The Labute approximate surface area is 129 Å². The lowest BCUT2D eigenvalue weighted by atomic mass is 9.87. The standard InChI is InChI=1S/C18H18O4/c1-20-18(19)12-22-14-8-6-13(7-9-14)15-10-11-21-17-5-3-2-4-16(15)17/h2-9,15H,10-12H2,1H3. The van der Waals surface area contributed by atoms with E-state index in [1.165, 1.54) is 18.2 Å². The Kier molecular flexibility index (Phi) is 4.28. The van der Waals surface area contributed by atoms with E-state index in [4.69, 9.17) is 9.47 Å². The molecule has 4 heteroatoms. The fourth-order valence-corrected chi connectivity index (χ4v) is 2.69. The molecule has 0 aliphatic carbocycles. The number of para-hydroxylation sites is 1. The maximum absolute atomic E-state index is 11.1. The highest BCUT2D eigenvalue weighted by atomic mass is 16.6. The number of benzene rings is 2. The lowest BCUT2D eigenvalue weighted by Gasteiger charge is -2.26. The third kappa shape index (κ3) is 3.06. The predicted octanol–water partition coefficient (Wildman–Crippen LogP) is 3.15. The first-order valence-electron chi connectivity index (χ1n) is 7.29. The minimum atomic E-state index is -0.387. The summed E-state index contributed by atoms with van der Waals surface area (Å²) in [6.07, 6.45) is 0.958. The molecule has 1 atom stereocenters. The Balaban J connectivity index is 1.75. The van der Waals surface area contributed by atoms with E-state index in [0.29, 0.717) is 11.7 Å². The fraction of sp³-hybridized carbons (Fsp3) is 0.278. The molecular formula is C18H18O4. The molecule has 0 saturated heterocycles. The monoisotopic (exact) mass is 298 g/mol. The molecule has 3 rings (SSSR count). The Morgan fingerprint density at radius 3 is 2.73 bits per heavy atom. The Morgan fingerprint density at radius 1 is 1.18 bits per heavy atom. The molecule has 1 aliphatic rings. The van der Waals surface area contributed by atoms with E-state index in [9.17, 15) is 4.79 Å². The van der Waals surface area contributed by atoms with Gasteiger partial charge in [0.25, 0.3) is 0 Å². The third-order valence-corrected chi connectivity index (χ3v) is 3.83. The van der Waals surface area contributed by atoms with Crippen LogP contribution in [0.1, 0.15) is 23.5 Å². The first-order chi connectivity index (χ1) is 10.8. The van der Waals surface area contributed by atoms with Crippen molar-refractivity contribution in [1.82, 2.24) is 0 Å². The molecule has 4 nitrogen and oxygen atoms in total. The highest BCUT2D eigenvalue weighted by Crippen LogP contribution is 2.38. The molecule has 1 unspecified atom stereocenters. The van der Waals surface area contributed by atoms with Crippen LogP contribution in [0.4, 0.5) is 0 Å². The topological polar surface area (TPSA) is 44.8 Å². The molecular weight excluding hydrogens is 280 g/mol. The van der Waals surface area contributed by atoms with Gasteiger partial charge in [-0.05, 0) is 30.2 Å². The van der Waals surface area contributed by atoms with Crippen LogP contribution in [0.25, 0.3) is 0 Å². The van der Waals surface area contributed by atoms with Crippen molar-refractivity contribution in [2.45, 2.75) is 12.3 Å². The van der Waals surface area contributed by atoms with Crippen molar-refractivity contribution in [1.29, 1.82) is 0 Å².